The number of nitrogens with zero attached hydrogens (tertiary/aromatic N) is 1. The number of carbonyl (C=O) groups is 2. The number of carbonyl (C=O) groups excluding carboxylic acids is 2. The van der Waals surface area contributed by atoms with Crippen LogP contribution >= 0.6 is 11.8 Å². The maximum atomic E-state index is 11.5. The number of nitrogens with one attached hydrogen (secondary N) is 1. The number of aromatic nitrogens is 1. The third-order valence-corrected chi connectivity index (χ3v) is 3.61. The standard InChI is InChI=1S/C15H10N2O4S/c1-20-4-2-3-9-7-16-8-10-5-11(21-13(9)10)6-12-14(18)17-15(19)22-12/h5-8H,4H2,1H3,(H,17,18,19)/b12-6-. The Morgan fingerprint density at radius 1 is 1.45 bits per heavy atom. The fourth-order valence-corrected chi connectivity index (χ4v) is 2.56. The van der Waals surface area contributed by atoms with Gasteiger partial charge >= 0.3 is 0 Å². The van der Waals surface area contributed by atoms with Crippen LogP contribution in [0.5, 0.6) is 0 Å². The van der Waals surface area contributed by atoms with Crippen molar-refractivity contribution in [3.8, 4) is 11.8 Å². The van der Waals surface area contributed by atoms with Gasteiger partial charge in [0.25, 0.3) is 11.1 Å². The van der Waals surface area contributed by atoms with Gasteiger partial charge in [-0.2, -0.15) is 0 Å². The van der Waals surface area contributed by atoms with E-state index in [1.54, 1.807) is 25.6 Å². The molecule has 1 aliphatic rings. The number of amides is 2. The molecule has 6 nitrogen and oxygen atoms in total. The van der Waals surface area contributed by atoms with Gasteiger partial charge in [0, 0.05) is 31.0 Å². The molecule has 2 aromatic heterocycles. The highest BCUT2D eigenvalue weighted by molar-refractivity contribution is 8.18. The van der Waals surface area contributed by atoms with Crippen LogP contribution in [0.25, 0.3) is 17.0 Å². The van der Waals surface area contributed by atoms with Crippen molar-refractivity contribution in [3.05, 3.63) is 34.7 Å². The molecule has 3 rings (SSSR count). The second-order valence-corrected chi connectivity index (χ2v) is 5.36. The molecule has 0 radical (unpaired) electrons. The highest BCUT2D eigenvalue weighted by Crippen LogP contribution is 2.28. The normalized spacial score (nSPS) is 16.0. The summed E-state index contributed by atoms with van der Waals surface area (Å²) < 4.78 is 10.6. The Bertz CT molecular complexity index is 857. The van der Waals surface area contributed by atoms with Crippen molar-refractivity contribution < 1.29 is 18.7 Å². The molecule has 1 aliphatic heterocycles. The van der Waals surface area contributed by atoms with Gasteiger partial charge < -0.3 is 9.15 Å². The number of hydrogen-bond donors (Lipinski definition) is 1. The first kappa shape index (κ1) is 14.4. The average molecular weight is 314 g/mol. The SMILES string of the molecule is COCC#Cc1cncc2cc(/C=C3\SC(=O)NC3=O)oc12. The van der Waals surface area contributed by atoms with E-state index in [1.165, 1.54) is 6.08 Å². The van der Waals surface area contributed by atoms with Crippen LogP contribution < -0.4 is 5.32 Å². The molecule has 1 fully saturated rings. The van der Waals surface area contributed by atoms with Crippen LogP contribution in [0.2, 0.25) is 0 Å². The van der Waals surface area contributed by atoms with E-state index in [2.05, 4.69) is 22.1 Å². The third kappa shape index (κ3) is 2.88. The molecule has 1 N–H and O–H groups in total. The summed E-state index contributed by atoms with van der Waals surface area (Å²) in [5, 5.41) is 2.57. The second-order valence-electron chi connectivity index (χ2n) is 4.34. The predicted molar refractivity (Wildman–Crippen MR) is 81.9 cm³/mol. The van der Waals surface area contributed by atoms with Gasteiger partial charge in [-0.1, -0.05) is 11.8 Å². The van der Waals surface area contributed by atoms with Crippen LogP contribution in [-0.2, 0) is 9.53 Å². The zero-order chi connectivity index (χ0) is 15.5. The summed E-state index contributed by atoms with van der Waals surface area (Å²) in [6.07, 6.45) is 4.78. The van der Waals surface area contributed by atoms with Crippen LogP contribution in [-0.4, -0.2) is 29.8 Å². The van der Waals surface area contributed by atoms with Crippen molar-refractivity contribution in [2.45, 2.75) is 0 Å². The number of methoxy groups -OCH3 is 1. The van der Waals surface area contributed by atoms with E-state index >= 15 is 0 Å². The summed E-state index contributed by atoms with van der Waals surface area (Å²) >= 11 is 0.841. The Hall–Kier alpha value is -2.56. The molecule has 0 bridgehead atoms. The minimum Gasteiger partial charge on any atom is -0.455 e. The van der Waals surface area contributed by atoms with Gasteiger partial charge in [-0.3, -0.25) is 19.9 Å². The maximum absolute atomic E-state index is 11.5. The van der Waals surface area contributed by atoms with Crippen LogP contribution in [0.1, 0.15) is 11.3 Å². The Labute approximate surface area is 129 Å². The average Bonchev–Trinajstić information content (AvgIpc) is 3.03. The van der Waals surface area contributed by atoms with Gasteiger partial charge in [0.05, 0.1) is 10.5 Å². The lowest BCUT2D eigenvalue weighted by molar-refractivity contribution is -0.115. The van der Waals surface area contributed by atoms with E-state index in [0.717, 1.165) is 17.1 Å². The largest absolute Gasteiger partial charge is 0.455 e. The number of thioether (sulfide) groups is 1. The fraction of sp³-hybridized carbons (Fsp3) is 0.133. The zero-order valence-corrected chi connectivity index (χ0v) is 12.3. The lowest BCUT2D eigenvalue weighted by atomic mass is 10.2. The predicted octanol–water partition coefficient (Wildman–Crippen LogP) is 2.15. The Morgan fingerprint density at radius 3 is 3.05 bits per heavy atom. The molecule has 0 aliphatic carbocycles. The van der Waals surface area contributed by atoms with E-state index in [1.807, 2.05) is 0 Å². The number of rotatable bonds is 2. The van der Waals surface area contributed by atoms with Crippen LogP contribution in [0, 0.1) is 11.8 Å². The topological polar surface area (TPSA) is 81.4 Å². The third-order valence-electron chi connectivity index (χ3n) is 2.80. The molecule has 2 aromatic rings. The minimum atomic E-state index is -0.423. The summed E-state index contributed by atoms with van der Waals surface area (Å²) in [6.45, 7) is 0.312. The molecule has 1 saturated heterocycles. The smallest absolute Gasteiger partial charge is 0.290 e. The van der Waals surface area contributed by atoms with Crippen molar-refractivity contribution in [3.63, 3.8) is 0 Å². The summed E-state index contributed by atoms with van der Waals surface area (Å²) in [5.41, 5.74) is 1.22. The zero-order valence-electron chi connectivity index (χ0n) is 11.5. The van der Waals surface area contributed by atoms with Gasteiger partial charge in [0.2, 0.25) is 0 Å². The van der Waals surface area contributed by atoms with Gasteiger partial charge in [-0.05, 0) is 17.8 Å². The quantitative estimate of drug-likeness (QED) is 0.675. The summed E-state index contributed by atoms with van der Waals surface area (Å²) in [4.78, 5) is 27.1. The molecule has 22 heavy (non-hydrogen) atoms. The van der Waals surface area contributed by atoms with E-state index in [-0.39, 0.29) is 5.24 Å². The first-order valence-corrected chi connectivity index (χ1v) is 7.09. The molecule has 0 atom stereocenters. The molecule has 3 heterocycles. The molecular weight excluding hydrogens is 304 g/mol. The van der Waals surface area contributed by atoms with Crippen molar-refractivity contribution in [2.75, 3.05) is 13.7 Å². The molecule has 110 valence electrons. The molecule has 2 amide bonds. The number of furan rings is 1. The highest BCUT2D eigenvalue weighted by atomic mass is 32.2. The van der Waals surface area contributed by atoms with E-state index in [9.17, 15) is 9.59 Å². The van der Waals surface area contributed by atoms with Crippen molar-refractivity contribution in [2.24, 2.45) is 0 Å². The van der Waals surface area contributed by atoms with E-state index < -0.39 is 5.91 Å². The number of ether oxygens (including phenoxy) is 1. The number of pyridine rings is 1. The molecule has 0 unspecified atom stereocenters. The van der Waals surface area contributed by atoms with Crippen LogP contribution in [0.15, 0.2) is 27.8 Å². The first-order chi connectivity index (χ1) is 10.7. The summed E-state index contributed by atoms with van der Waals surface area (Å²) in [7, 11) is 1.57. The number of hydrogen-bond acceptors (Lipinski definition) is 6. The lowest BCUT2D eigenvalue weighted by Gasteiger charge is -1.92. The lowest BCUT2D eigenvalue weighted by Crippen LogP contribution is -2.17. The molecule has 7 heteroatoms. The van der Waals surface area contributed by atoms with Gasteiger partial charge in [-0.25, -0.2) is 0 Å². The van der Waals surface area contributed by atoms with Crippen molar-refractivity contribution in [1.29, 1.82) is 0 Å². The molecule has 0 saturated carbocycles. The fourth-order valence-electron chi connectivity index (χ4n) is 1.90. The second kappa shape index (κ2) is 6.05. The monoisotopic (exact) mass is 314 g/mol. The molecule has 0 spiro atoms. The van der Waals surface area contributed by atoms with Gasteiger partial charge in [-0.15, -0.1) is 0 Å². The van der Waals surface area contributed by atoms with E-state index in [4.69, 9.17) is 9.15 Å². The minimum absolute atomic E-state index is 0.295. The first-order valence-electron chi connectivity index (χ1n) is 6.27. The highest BCUT2D eigenvalue weighted by Gasteiger charge is 2.25. The molecular formula is C15H10N2O4S. The van der Waals surface area contributed by atoms with Crippen LogP contribution in [0.3, 0.4) is 0 Å². The van der Waals surface area contributed by atoms with Gasteiger partial charge in [0.15, 0.2) is 5.58 Å². The maximum Gasteiger partial charge on any atom is 0.290 e. The van der Waals surface area contributed by atoms with Crippen molar-refractivity contribution in [1.82, 2.24) is 10.3 Å². The van der Waals surface area contributed by atoms with Crippen molar-refractivity contribution >= 4 is 40.0 Å². The summed E-state index contributed by atoms with van der Waals surface area (Å²) in [5.74, 6) is 5.80. The Kier molecular flexibility index (Phi) is 3.96. The Morgan fingerprint density at radius 2 is 2.32 bits per heavy atom. The van der Waals surface area contributed by atoms with Crippen LogP contribution in [0.4, 0.5) is 4.79 Å². The van der Waals surface area contributed by atoms with Gasteiger partial charge in [0.1, 0.15) is 12.4 Å². The summed E-state index contributed by atoms with van der Waals surface area (Å²) in [6, 6.07) is 1.74. The number of fused-ring (bicyclic) bond motifs is 1. The van der Waals surface area contributed by atoms with E-state index in [0.29, 0.717) is 28.4 Å². The Balaban J connectivity index is 1.99. The molecule has 0 aromatic carbocycles. The number of imide groups is 1.